The SMILES string of the molecule is N#Cc1ncc(C(=O)N2CCN(Cc3ccc(-n4c(-c5cccnc5N)nc5ccc(-c6ccccc6)nc54)cc3)CC2)s1. The maximum absolute atomic E-state index is 12.8. The van der Waals surface area contributed by atoms with Gasteiger partial charge in [0.15, 0.2) is 16.5 Å². The van der Waals surface area contributed by atoms with E-state index in [9.17, 15) is 4.79 Å². The van der Waals surface area contributed by atoms with E-state index in [0.717, 1.165) is 64.6 Å². The van der Waals surface area contributed by atoms with Crippen LogP contribution in [0.4, 0.5) is 5.82 Å². The van der Waals surface area contributed by atoms with Crippen LogP contribution in [0.3, 0.4) is 0 Å². The summed E-state index contributed by atoms with van der Waals surface area (Å²) in [5.74, 6) is 1.02. The lowest BCUT2D eigenvalue weighted by molar-refractivity contribution is 0.0633. The van der Waals surface area contributed by atoms with Crippen molar-refractivity contribution in [3.63, 3.8) is 0 Å². The molecule has 44 heavy (non-hydrogen) atoms. The van der Waals surface area contributed by atoms with E-state index in [1.54, 1.807) is 6.20 Å². The van der Waals surface area contributed by atoms with Crippen LogP contribution in [0.15, 0.2) is 91.3 Å². The molecule has 1 aliphatic heterocycles. The summed E-state index contributed by atoms with van der Waals surface area (Å²) in [5.41, 5.74) is 12.5. The van der Waals surface area contributed by atoms with Gasteiger partial charge in [-0.3, -0.25) is 14.3 Å². The highest BCUT2D eigenvalue weighted by atomic mass is 32.1. The Morgan fingerprint density at radius 1 is 0.909 bits per heavy atom. The molecule has 0 saturated carbocycles. The van der Waals surface area contributed by atoms with Crippen molar-refractivity contribution in [2.75, 3.05) is 31.9 Å². The van der Waals surface area contributed by atoms with Gasteiger partial charge >= 0.3 is 0 Å². The molecule has 0 bridgehead atoms. The average molecular weight is 598 g/mol. The Bertz CT molecular complexity index is 2000. The Labute approximate surface area is 257 Å². The van der Waals surface area contributed by atoms with Crippen molar-refractivity contribution in [1.29, 1.82) is 5.26 Å². The van der Waals surface area contributed by atoms with Gasteiger partial charge in [0.2, 0.25) is 0 Å². The van der Waals surface area contributed by atoms with Crippen molar-refractivity contribution < 1.29 is 4.79 Å². The zero-order chi connectivity index (χ0) is 30.0. The van der Waals surface area contributed by atoms with Crippen LogP contribution >= 0.6 is 11.3 Å². The Hall–Kier alpha value is -5.44. The van der Waals surface area contributed by atoms with E-state index in [1.165, 1.54) is 11.8 Å². The Kier molecular flexibility index (Phi) is 7.27. The number of amides is 1. The largest absolute Gasteiger partial charge is 0.383 e. The Balaban J connectivity index is 1.14. The molecule has 1 amide bonds. The van der Waals surface area contributed by atoms with Crippen molar-refractivity contribution in [3.05, 3.63) is 107 Å². The van der Waals surface area contributed by atoms with Gasteiger partial charge in [0, 0.05) is 50.2 Å². The molecule has 1 saturated heterocycles. The molecule has 1 fully saturated rings. The molecule has 5 heterocycles. The van der Waals surface area contributed by atoms with E-state index >= 15 is 0 Å². The highest BCUT2D eigenvalue weighted by Gasteiger charge is 2.24. The van der Waals surface area contributed by atoms with Crippen LogP contribution in [0.1, 0.15) is 20.2 Å². The molecule has 0 radical (unpaired) electrons. The number of nitriles is 1. The number of rotatable bonds is 6. The summed E-state index contributed by atoms with van der Waals surface area (Å²) in [6.07, 6.45) is 3.17. The predicted octanol–water partition coefficient (Wildman–Crippen LogP) is 5.02. The minimum Gasteiger partial charge on any atom is -0.383 e. The smallest absolute Gasteiger partial charge is 0.265 e. The van der Waals surface area contributed by atoms with Crippen molar-refractivity contribution in [3.8, 4) is 34.4 Å². The van der Waals surface area contributed by atoms with E-state index in [0.29, 0.717) is 34.6 Å². The molecule has 6 aromatic rings. The van der Waals surface area contributed by atoms with Gasteiger partial charge < -0.3 is 10.6 Å². The first-order valence-corrected chi connectivity index (χ1v) is 15.0. The molecule has 0 atom stereocenters. The Morgan fingerprint density at radius 2 is 1.70 bits per heavy atom. The fraction of sp³-hybridized carbons (Fsp3) is 0.152. The van der Waals surface area contributed by atoms with Gasteiger partial charge in [0.25, 0.3) is 5.91 Å². The van der Waals surface area contributed by atoms with Gasteiger partial charge in [0.1, 0.15) is 22.3 Å². The molecule has 216 valence electrons. The maximum Gasteiger partial charge on any atom is 0.265 e. The first-order chi connectivity index (χ1) is 21.6. The zero-order valence-electron chi connectivity index (χ0n) is 23.7. The van der Waals surface area contributed by atoms with E-state index in [-0.39, 0.29) is 5.91 Å². The lowest BCUT2D eigenvalue weighted by Crippen LogP contribution is -2.48. The number of hydrogen-bond acceptors (Lipinski definition) is 9. The van der Waals surface area contributed by atoms with Crippen molar-refractivity contribution in [2.24, 2.45) is 0 Å². The summed E-state index contributed by atoms with van der Waals surface area (Å²) in [6, 6.07) is 28.3. The summed E-state index contributed by atoms with van der Waals surface area (Å²) in [6.45, 7) is 3.55. The van der Waals surface area contributed by atoms with Crippen molar-refractivity contribution in [2.45, 2.75) is 6.54 Å². The third kappa shape index (κ3) is 5.28. The van der Waals surface area contributed by atoms with Crippen LogP contribution < -0.4 is 5.73 Å². The quantitative estimate of drug-likeness (QED) is 0.283. The summed E-state index contributed by atoms with van der Waals surface area (Å²) >= 11 is 1.14. The fourth-order valence-electron chi connectivity index (χ4n) is 5.46. The number of fused-ring (bicyclic) bond motifs is 1. The van der Waals surface area contributed by atoms with Crippen LogP contribution in [-0.2, 0) is 6.54 Å². The van der Waals surface area contributed by atoms with Crippen LogP contribution in [-0.4, -0.2) is 66.4 Å². The molecule has 11 heteroatoms. The number of thiazole rings is 1. The van der Waals surface area contributed by atoms with E-state index in [4.69, 9.17) is 21.0 Å². The first kappa shape index (κ1) is 27.4. The van der Waals surface area contributed by atoms with Crippen LogP contribution in [0.5, 0.6) is 0 Å². The number of benzene rings is 2. The number of imidazole rings is 1. The van der Waals surface area contributed by atoms with E-state index in [2.05, 4.69) is 39.1 Å². The molecule has 0 unspecified atom stereocenters. The number of anilines is 1. The van der Waals surface area contributed by atoms with Gasteiger partial charge in [0.05, 0.1) is 17.5 Å². The number of nitrogen functional groups attached to an aromatic ring is 1. The molecule has 2 aromatic carbocycles. The van der Waals surface area contributed by atoms with Gasteiger partial charge in [-0.25, -0.2) is 19.9 Å². The second kappa shape index (κ2) is 11.7. The topological polar surface area (TPSA) is 130 Å². The number of piperazine rings is 1. The minimum absolute atomic E-state index is 0.0605. The molecule has 4 aromatic heterocycles. The average Bonchev–Trinajstić information content (AvgIpc) is 3.71. The molecule has 0 spiro atoms. The molecule has 2 N–H and O–H groups in total. The summed E-state index contributed by atoms with van der Waals surface area (Å²) in [7, 11) is 0. The second-order valence-electron chi connectivity index (χ2n) is 10.5. The summed E-state index contributed by atoms with van der Waals surface area (Å²) < 4.78 is 2.04. The van der Waals surface area contributed by atoms with Gasteiger partial charge in [-0.2, -0.15) is 5.26 Å². The highest BCUT2D eigenvalue weighted by molar-refractivity contribution is 7.14. The van der Waals surface area contributed by atoms with Crippen LogP contribution in [0, 0.1) is 11.3 Å². The Morgan fingerprint density at radius 3 is 2.43 bits per heavy atom. The lowest BCUT2D eigenvalue weighted by Gasteiger charge is -2.34. The minimum atomic E-state index is -0.0605. The molecular formula is C33H27N9OS. The lowest BCUT2D eigenvalue weighted by atomic mass is 10.1. The highest BCUT2D eigenvalue weighted by Crippen LogP contribution is 2.32. The van der Waals surface area contributed by atoms with Crippen molar-refractivity contribution in [1.82, 2.24) is 34.3 Å². The van der Waals surface area contributed by atoms with Gasteiger partial charge in [-0.1, -0.05) is 53.8 Å². The number of carbonyl (C=O) groups is 1. The predicted molar refractivity (Wildman–Crippen MR) is 170 cm³/mol. The van der Waals surface area contributed by atoms with Crippen LogP contribution in [0.2, 0.25) is 0 Å². The van der Waals surface area contributed by atoms with E-state index in [1.807, 2.05) is 70.1 Å². The van der Waals surface area contributed by atoms with Crippen molar-refractivity contribution >= 4 is 34.2 Å². The number of aromatic nitrogens is 5. The molecule has 10 nitrogen and oxygen atoms in total. The third-order valence-corrected chi connectivity index (χ3v) is 8.62. The molecule has 1 aliphatic rings. The fourth-order valence-corrected chi connectivity index (χ4v) is 6.14. The van der Waals surface area contributed by atoms with Crippen LogP contribution in [0.25, 0.3) is 39.5 Å². The van der Waals surface area contributed by atoms with Gasteiger partial charge in [-0.05, 0) is 42.0 Å². The number of nitrogens with zero attached hydrogens (tertiary/aromatic N) is 8. The zero-order valence-corrected chi connectivity index (χ0v) is 24.5. The number of nitrogens with two attached hydrogens (primary N) is 1. The number of carbonyl (C=O) groups excluding carboxylic acids is 1. The molecule has 7 rings (SSSR count). The summed E-state index contributed by atoms with van der Waals surface area (Å²) in [4.78, 5) is 35.8. The van der Waals surface area contributed by atoms with Gasteiger partial charge in [-0.15, -0.1) is 0 Å². The third-order valence-electron chi connectivity index (χ3n) is 7.73. The standard InChI is InChI=1S/C33H27N9OS/c34-19-29-37-20-28(44-29)33(43)41-17-15-40(16-18-41)21-22-8-10-24(11-9-22)42-31(25-7-4-14-36-30(25)35)39-27-13-12-26(38-32(27)42)23-5-2-1-3-6-23/h1-14,20H,15-18,21H2,(H2,35,36). The number of hydrogen-bond donors (Lipinski definition) is 1. The summed E-state index contributed by atoms with van der Waals surface area (Å²) in [5, 5.41) is 9.33. The van der Waals surface area contributed by atoms with E-state index < -0.39 is 0 Å². The normalized spacial score (nSPS) is 13.7. The first-order valence-electron chi connectivity index (χ1n) is 14.2. The maximum atomic E-state index is 12.8. The molecule has 0 aliphatic carbocycles. The molecular weight excluding hydrogens is 570 g/mol. The number of pyridine rings is 2. The monoisotopic (exact) mass is 597 g/mol. The second-order valence-corrected chi connectivity index (χ2v) is 11.5.